The number of carbonyl (C=O) groups excluding carboxylic acids is 2. The Hall–Kier alpha value is -1.72. The van der Waals surface area contributed by atoms with Crippen molar-refractivity contribution >= 4 is 24.2 Å². The Kier molecular flexibility index (Phi) is 6.43. The Morgan fingerprint density at radius 1 is 0.714 bits per heavy atom. The Labute approximate surface area is 168 Å². The van der Waals surface area contributed by atoms with Crippen molar-refractivity contribution in [2.75, 3.05) is 0 Å². The fourth-order valence-corrected chi connectivity index (χ4v) is 6.05. The first-order valence-corrected chi connectivity index (χ1v) is 11.3. The third kappa shape index (κ3) is 5.00. The summed E-state index contributed by atoms with van der Waals surface area (Å²) in [7, 11) is 0. The Balaban J connectivity index is 1.03. The van der Waals surface area contributed by atoms with Crippen molar-refractivity contribution in [3.8, 4) is 0 Å². The van der Waals surface area contributed by atoms with E-state index < -0.39 is 0 Å². The van der Waals surface area contributed by atoms with Crippen molar-refractivity contribution < 1.29 is 9.59 Å². The predicted molar refractivity (Wildman–Crippen MR) is 110 cm³/mol. The van der Waals surface area contributed by atoms with E-state index in [1.807, 2.05) is 12.4 Å². The largest absolute Gasteiger partial charge is 0.273 e. The number of nitrogens with zero attached hydrogens (tertiary/aromatic N) is 2. The predicted octanol–water partition coefficient (Wildman–Crippen LogP) is 3.62. The van der Waals surface area contributed by atoms with Crippen LogP contribution in [0.3, 0.4) is 0 Å². The van der Waals surface area contributed by atoms with E-state index >= 15 is 0 Å². The number of carbonyl (C=O) groups is 2. The molecule has 0 radical (unpaired) electrons. The lowest BCUT2D eigenvalue weighted by Crippen LogP contribution is -2.21. The molecule has 28 heavy (non-hydrogen) atoms. The van der Waals surface area contributed by atoms with Gasteiger partial charge >= 0.3 is 0 Å². The van der Waals surface area contributed by atoms with Gasteiger partial charge in [0.25, 0.3) is 0 Å². The number of hydrazone groups is 2. The molecule has 4 aliphatic rings. The maximum Gasteiger partial charge on any atom is 0.240 e. The van der Waals surface area contributed by atoms with Crippen LogP contribution in [-0.4, -0.2) is 24.2 Å². The maximum absolute atomic E-state index is 11.9. The van der Waals surface area contributed by atoms with Gasteiger partial charge in [0.1, 0.15) is 0 Å². The van der Waals surface area contributed by atoms with Gasteiger partial charge in [-0.2, -0.15) is 10.2 Å². The molecule has 6 heteroatoms. The Morgan fingerprint density at radius 3 is 1.54 bits per heavy atom. The fourth-order valence-electron chi connectivity index (χ4n) is 6.05. The van der Waals surface area contributed by atoms with Crippen molar-refractivity contribution in [3.63, 3.8) is 0 Å². The molecule has 2 amide bonds. The molecule has 0 aromatic carbocycles. The zero-order valence-corrected chi connectivity index (χ0v) is 16.8. The molecule has 154 valence electrons. The topological polar surface area (TPSA) is 82.9 Å². The molecule has 4 rings (SSSR count). The lowest BCUT2D eigenvalue weighted by atomic mass is 9.90. The summed E-state index contributed by atoms with van der Waals surface area (Å²) in [5.41, 5.74) is 5.28. The number of unbranched alkanes of at least 4 members (excludes halogenated alkanes) is 1. The van der Waals surface area contributed by atoms with E-state index in [0.29, 0.717) is 37.5 Å². The minimum atomic E-state index is -0.0610. The molecule has 4 saturated carbocycles. The molecule has 4 aliphatic carbocycles. The molecule has 0 aromatic heterocycles. The van der Waals surface area contributed by atoms with Gasteiger partial charge in [-0.25, -0.2) is 10.9 Å². The molecule has 4 bridgehead atoms. The van der Waals surface area contributed by atoms with Crippen LogP contribution in [0.2, 0.25) is 0 Å². The first kappa shape index (κ1) is 19.6. The standard InChI is InChI=1S/C22H34N4O2/c27-21(25-23-13-19-11-15-5-7-17(19)9-15)3-1-2-4-22(28)26-24-14-20-12-16-6-8-18(20)10-16/h13-20H,1-12H2,(H,25,27)(H,26,28)/b23-13+,24-14+/t15-,16+,17-,18-,19+,20+/m0/s1. The van der Waals surface area contributed by atoms with Gasteiger partial charge in [0.15, 0.2) is 0 Å². The van der Waals surface area contributed by atoms with Crippen molar-refractivity contribution in [2.24, 2.45) is 45.7 Å². The quantitative estimate of drug-likeness (QED) is 0.360. The number of nitrogens with one attached hydrogen (secondary N) is 2. The van der Waals surface area contributed by atoms with Crippen LogP contribution in [0.5, 0.6) is 0 Å². The van der Waals surface area contributed by atoms with Gasteiger partial charge in [-0.05, 0) is 86.9 Å². The molecular weight excluding hydrogens is 352 g/mol. The first-order valence-electron chi connectivity index (χ1n) is 11.3. The molecule has 4 fully saturated rings. The number of amides is 2. The summed E-state index contributed by atoms with van der Waals surface area (Å²) in [6.45, 7) is 0. The summed E-state index contributed by atoms with van der Waals surface area (Å²) in [4.78, 5) is 23.7. The lowest BCUT2D eigenvalue weighted by molar-refractivity contribution is -0.123. The van der Waals surface area contributed by atoms with E-state index in [-0.39, 0.29) is 11.8 Å². The zero-order valence-electron chi connectivity index (χ0n) is 16.8. The van der Waals surface area contributed by atoms with Gasteiger partial charge in [-0.3, -0.25) is 9.59 Å². The normalized spacial score (nSPS) is 36.0. The second-order valence-electron chi connectivity index (χ2n) is 9.51. The van der Waals surface area contributed by atoms with Crippen LogP contribution in [0.1, 0.15) is 77.0 Å². The van der Waals surface area contributed by atoms with Crippen LogP contribution in [0, 0.1) is 35.5 Å². The van der Waals surface area contributed by atoms with E-state index in [1.165, 1.54) is 51.4 Å². The van der Waals surface area contributed by atoms with E-state index in [1.54, 1.807) is 0 Å². The minimum Gasteiger partial charge on any atom is -0.273 e. The van der Waals surface area contributed by atoms with E-state index in [4.69, 9.17) is 0 Å². The summed E-state index contributed by atoms with van der Waals surface area (Å²) < 4.78 is 0. The Morgan fingerprint density at radius 2 is 1.18 bits per heavy atom. The van der Waals surface area contributed by atoms with Gasteiger partial charge in [-0.1, -0.05) is 12.8 Å². The SMILES string of the molecule is O=C(CCCCC(=O)N/N=C/[C@H]1C[C@H]2CC[C@H]1C2)N/N=C/[C@H]1C[C@@H]2CC[C@H]1C2. The van der Waals surface area contributed by atoms with E-state index in [0.717, 1.165) is 23.7 Å². The van der Waals surface area contributed by atoms with E-state index in [9.17, 15) is 9.59 Å². The lowest BCUT2D eigenvalue weighted by Gasteiger charge is -2.16. The summed E-state index contributed by atoms with van der Waals surface area (Å²) in [5, 5.41) is 8.31. The Bertz CT molecular complexity index is 578. The zero-order chi connectivity index (χ0) is 19.3. The van der Waals surface area contributed by atoms with Crippen LogP contribution in [-0.2, 0) is 9.59 Å². The van der Waals surface area contributed by atoms with Gasteiger partial charge in [0.05, 0.1) is 0 Å². The second kappa shape index (κ2) is 9.19. The number of rotatable bonds is 9. The van der Waals surface area contributed by atoms with Crippen molar-refractivity contribution in [1.29, 1.82) is 0 Å². The molecule has 2 N–H and O–H groups in total. The van der Waals surface area contributed by atoms with Gasteiger partial charge in [-0.15, -0.1) is 0 Å². The molecule has 0 heterocycles. The average Bonchev–Trinajstić information content (AvgIpc) is 3.46. The van der Waals surface area contributed by atoms with Gasteiger partial charge in [0, 0.05) is 25.3 Å². The van der Waals surface area contributed by atoms with Crippen LogP contribution < -0.4 is 10.9 Å². The highest BCUT2D eigenvalue weighted by molar-refractivity contribution is 5.78. The summed E-state index contributed by atoms with van der Waals surface area (Å²) in [6, 6.07) is 0. The van der Waals surface area contributed by atoms with Crippen LogP contribution in [0.4, 0.5) is 0 Å². The van der Waals surface area contributed by atoms with Crippen molar-refractivity contribution in [2.45, 2.75) is 77.0 Å². The van der Waals surface area contributed by atoms with Crippen LogP contribution in [0.25, 0.3) is 0 Å². The molecule has 0 unspecified atom stereocenters. The highest BCUT2D eigenvalue weighted by Crippen LogP contribution is 2.48. The smallest absolute Gasteiger partial charge is 0.240 e. The number of hydrogen-bond acceptors (Lipinski definition) is 4. The number of fused-ring (bicyclic) bond motifs is 4. The maximum atomic E-state index is 11.9. The van der Waals surface area contributed by atoms with Crippen molar-refractivity contribution in [3.05, 3.63) is 0 Å². The third-order valence-electron chi connectivity index (χ3n) is 7.55. The molecular formula is C22H34N4O2. The molecule has 0 aromatic rings. The second-order valence-corrected chi connectivity index (χ2v) is 9.51. The monoisotopic (exact) mass is 386 g/mol. The van der Waals surface area contributed by atoms with E-state index in [2.05, 4.69) is 21.1 Å². The summed E-state index contributed by atoms with van der Waals surface area (Å²) in [6.07, 6.45) is 16.7. The first-order chi connectivity index (χ1) is 13.7. The van der Waals surface area contributed by atoms with Gasteiger partial charge in [0.2, 0.25) is 11.8 Å². The molecule has 6 nitrogen and oxygen atoms in total. The highest BCUT2D eigenvalue weighted by Gasteiger charge is 2.39. The molecule has 6 atom stereocenters. The minimum absolute atomic E-state index is 0.0610. The molecule has 0 spiro atoms. The van der Waals surface area contributed by atoms with Crippen LogP contribution >= 0.6 is 0 Å². The summed E-state index contributed by atoms with van der Waals surface area (Å²) in [5.74, 6) is 4.35. The van der Waals surface area contributed by atoms with Gasteiger partial charge < -0.3 is 0 Å². The summed E-state index contributed by atoms with van der Waals surface area (Å²) >= 11 is 0. The highest BCUT2D eigenvalue weighted by atomic mass is 16.2. The van der Waals surface area contributed by atoms with Crippen LogP contribution in [0.15, 0.2) is 10.2 Å². The fraction of sp³-hybridized carbons (Fsp3) is 0.818. The third-order valence-corrected chi connectivity index (χ3v) is 7.55. The molecule has 0 saturated heterocycles. The molecule has 0 aliphatic heterocycles. The average molecular weight is 387 g/mol. The number of hydrogen-bond donors (Lipinski definition) is 2. The van der Waals surface area contributed by atoms with Crippen molar-refractivity contribution in [1.82, 2.24) is 10.9 Å².